The van der Waals surface area contributed by atoms with E-state index < -0.39 is 6.29 Å². The second-order valence-electron chi connectivity index (χ2n) is 4.19. The van der Waals surface area contributed by atoms with Crippen LogP contribution >= 0.6 is 0 Å². The normalized spacial score (nSPS) is 12.8. The Bertz CT molecular complexity index is 171. The zero-order valence-electron chi connectivity index (χ0n) is 12.8. The Hall–Kier alpha value is -0.240. The molecule has 0 aromatic heterocycles. The third kappa shape index (κ3) is 14.2. The van der Waals surface area contributed by atoms with Gasteiger partial charge in [-0.3, -0.25) is 0 Å². The molecule has 0 saturated heterocycles. The predicted molar refractivity (Wildman–Crippen MR) is 75.8 cm³/mol. The molecule has 0 aliphatic carbocycles. The van der Waals surface area contributed by atoms with Gasteiger partial charge in [0.15, 0.2) is 6.29 Å². The maximum absolute atomic E-state index is 8.72. The first-order chi connectivity index (χ1) is 9.85. The summed E-state index contributed by atoms with van der Waals surface area (Å²) in [5.74, 6) is 0. The lowest BCUT2D eigenvalue weighted by Crippen LogP contribution is -2.26. The van der Waals surface area contributed by atoms with Crippen LogP contribution in [0.2, 0.25) is 0 Å². The van der Waals surface area contributed by atoms with Crippen LogP contribution in [0.15, 0.2) is 0 Å². The van der Waals surface area contributed by atoms with Crippen molar-refractivity contribution in [3.63, 3.8) is 0 Å². The van der Waals surface area contributed by atoms with E-state index in [-0.39, 0.29) is 13.2 Å². The zero-order valence-corrected chi connectivity index (χ0v) is 12.8. The molecule has 0 aromatic carbocycles. The first-order valence-corrected chi connectivity index (χ1v) is 7.42. The average Bonchev–Trinajstić information content (AvgIpc) is 2.47. The van der Waals surface area contributed by atoms with Crippen molar-refractivity contribution in [2.24, 2.45) is 0 Å². The molecule has 0 heterocycles. The van der Waals surface area contributed by atoms with Gasteiger partial charge in [-0.25, -0.2) is 0 Å². The molecule has 6 nitrogen and oxygen atoms in total. The van der Waals surface area contributed by atoms with Crippen molar-refractivity contribution in [3.8, 4) is 0 Å². The van der Waals surface area contributed by atoms with E-state index in [0.717, 1.165) is 19.4 Å². The molecular formula is C14H30O6. The second kappa shape index (κ2) is 16.8. The molecule has 0 spiro atoms. The van der Waals surface area contributed by atoms with Gasteiger partial charge in [-0.05, 0) is 12.8 Å². The highest BCUT2D eigenvalue weighted by Crippen LogP contribution is 1.98. The van der Waals surface area contributed by atoms with E-state index in [4.69, 9.17) is 28.8 Å². The third-order valence-electron chi connectivity index (χ3n) is 2.25. The van der Waals surface area contributed by atoms with E-state index in [1.807, 2.05) is 6.92 Å². The summed E-state index contributed by atoms with van der Waals surface area (Å²) in [5.41, 5.74) is 0. The first-order valence-electron chi connectivity index (χ1n) is 7.42. The smallest absolute Gasteiger partial charge is 0.180 e. The van der Waals surface area contributed by atoms with E-state index >= 15 is 0 Å². The number of rotatable bonds is 16. The highest BCUT2D eigenvalue weighted by Gasteiger charge is 2.08. The van der Waals surface area contributed by atoms with Crippen LogP contribution in [0.4, 0.5) is 0 Å². The van der Waals surface area contributed by atoms with Crippen molar-refractivity contribution in [2.45, 2.75) is 33.0 Å². The minimum Gasteiger partial charge on any atom is -0.394 e. The number of aliphatic hydroxyl groups excluding tert-OH is 1. The summed E-state index contributed by atoms with van der Waals surface area (Å²) in [6.07, 6.45) is 1.52. The van der Waals surface area contributed by atoms with Crippen molar-refractivity contribution in [3.05, 3.63) is 0 Å². The average molecular weight is 294 g/mol. The van der Waals surface area contributed by atoms with Gasteiger partial charge in [-0.15, -0.1) is 0 Å². The van der Waals surface area contributed by atoms with Crippen molar-refractivity contribution in [1.82, 2.24) is 0 Å². The van der Waals surface area contributed by atoms with E-state index in [2.05, 4.69) is 6.92 Å². The van der Waals surface area contributed by atoms with Crippen LogP contribution in [0.25, 0.3) is 0 Å². The predicted octanol–water partition coefficient (Wildman–Crippen LogP) is 1.21. The molecular weight excluding hydrogens is 264 g/mol. The minimum absolute atomic E-state index is 0.0210. The zero-order chi connectivity index (χ0) is 14.9. The van der Waals surface area contributed by atoms with Crippen LogP contribution < -0.4 is 0 Å². The van der Waals surface area contributed by atoms with Gasteiger partial charge in [0.05, 0.1) is 46.2 Å². The number of hydrogen-bond donors (Lipinski definition) is 1. The number of aliphatic hydroxyl groups is 1. The molecule has 6 heteroatoms. The molecule has 0 radical (unpaired) electrons. The first kappa shape index (κ1) is 19.8. The van der Waals surface area contributed by atoms with E-state index in [1.54, 1.807) is 0 Å². The molecule has 0 rings (SSSR count). The van der Waals surface area contributed by atoms with E-state index in [9.17, 15) is 0 Å². The van der Waals surface area contributed by atoms with Crippen LogP contribution in [0, 0.1) is 0 Å². The maximum atomic E-state index is 8.72. The summed E-state index contributed by atoms with van der Waals surface area (Å²) in [7, 11) is 0. The lowest BCUT2D eigenvalue weighted by atomic mass is 10.5. The largest absolute Gasteiger partial charge is 0.394 e. The molecule has 1 atom stereocenters. The van der Waals surface area contributed by atoms with Crippen molar-refractivity contribution < 1.29 is 28.8 Å². The van der Waals surface area contributed by atoms with Crippen molar-refractivity contribution in [1.29, 1.82) is 0 Å². The third-order valence-corrected chi connectivity index (χ3v) is 2.25. The Morgan fingerprint density at radius 1 is 0.700 bits per heavy atom. The highest BCUT2D eigenvalue weighted by molar-refractivity contribution is 4.44. The molecule has 0 aliphatic heterocycles. The molecule has 20 heavy (non-hydrogen) atoms. The summed E-state index contributed by atoms with van der Waals surface area (Å²) < 4.78 is 26.8. The molecule has 122 valence electrons. The molecule has 0 amide bonds. The maximum Gasteiger partial charge on any atom is 0.180 e. The van der Waals surface area contributed by atoms with Gasteiger partial charge in [-0.2, -0.15) is 0 Å². The molecule has 1 N–H and O–H groups in total. The fraction of sp³-hybridized carbons (Fsp3) is 1.00. The fourth-order valence-electron chi connectivity index (χ4n) is 1.34. The Labute approximate surface area is 122 Å². The van der Waals surface area contributed by atoms with Crippen LogP contribution in [0.3, 0.4) is 0 Å². The SMILES string of the molecule is CCCOCCOCCOCC(OCCC)OCCO. The lowest BCUT2D eigenvalue weighted by molar-refractivity contribution is -0.178. The number of ether oxygens (including phenoxy) is 5. The highest BCUT2D eigenvalue weighted by atomic mass is 16.7. The number of hydrogen-bond acceptors (Lipinski definition) is 6. The second-order valence-corrected chi connectivity index (χ2v) is 4.19. The van der Waals surface area contributed by atoms with Gasteiger partial charge >= 0.3 is 0 Å². The van der Waals surface area contributed by atoms with E-state index in [0.29, 0.717) is 39.6 Å². The topological polar surface area (TPSA) is 66.4 Å². The summed E-state index contributed by atoms with van der Waals surface area (Å²) in [4.78, 5) is 0. The lowest BCUT2D eigenvalue weighted by Gasteiger charge is -2.18. The summed E-state index contributed by atoms with van der Waals surface area (Å²) in [5, 5.41) is 8.72. The molecule has 0 aromatic rings. The van der Waals surface area contributed by atoms with Gasteiger partial charge in [-0.1, -0.05) is 13.8 Å². The molecule has 0 bridgehead atoms. The monoisotopic (exact) mass is 294 g/mol. The Morgan fingerprint density at radius 2 is 1.25 bits per heavy atom. The van der Waals surface area contributed by atoms with Crippen molar-refractivity contribution >= 4 is 0 Å². The molecule has 0 saturated carbocycles. The summed E-state index contributed by atoms with van der Waals surface area (Å²) in [6, 6.07) is 0. The molecule has 1 unspecified atom stereocenters. The summed E-state index contributed by atoms with van der Waals surface area (Å²) >= 11 is 0. The Balaban J connectivity index is 3.38. The quantitative estimate of drug-likeness (QED) is 0.341. The van der Waals surface area contributed by atoms with E-state index in [1.165, 1.54) is 0 Å². The minimum atomic E-state index is -0.421. The van der Waals surface area contributed by atoms with Gasteiger partial charge in [0, 0.05) is 13.2 Å². The Kier molecular flexibility index (Phi) is 16.6. The summed E-state index contributed by atoms with van der Waals surface area (Å²) in [6.45, 7) is 8.28. The van der Waals surface area contributed by atoms with Crippen LogP contribution in [0.5, 0.6) is 0 Å². The fourth-order valence-corrected chi connectivity index (χ4v) is 1.34. The van der Waals surface area contributed by atoms with Gasteiger partial charge in [0.25, 0.3) is 0 Å². The Morgan fingerprint density at radius 3 is 1.85 bits per heavy atom. The van der Waals surface area contributed by atoms with Gasteiger partial charge < -0.3 is 28.8 Å². The molecule has 0 aliphatic rings. The molecule has 0 fully saturated rings. The van der Waals surface area contributed by atoms with Crippen LogP contribution in [-0.2, 0) is 23.7 Å². The van der Waals surface area contributed by atoms with Gasteiger partial charge in [0.1, 0.15) is 0 Å². The van der Waals surface area contributed by atoms with Crippen LogP contribution in [-0.4, -0.2) is 70.9 Å². The van der Waals surface area contributed by atoms with Crippen molar-refractivity contribution in [2.75, 3.05) is 59.5 Å². The van der Waals surface area contributed by atoms with Crippen LogP contribution in [0.1, 0.15) is 26.7 Å². The standard InChI is InChI=1S/C14H30O6/c1-3-6-16-9-10-17-11-12-18-13-14(19-7-4-2)20-8-5-15/h14-15H,3-13H2,1-2H3. The van der Waals surface area contributed by atoms with Gasteiger partial charge in [0.2, 0.25) is 0 Å².